The van der Waals surface area contributed by atoms with E-state index in [1.54, 1.807) is 0 Å². The number of carboxylic acid groups (broad SMARTS) is 1. The van der Waals surface area contributed by atoms with Crippen LogP contribution in [0, 0.1) is 0 Å². The van der Waals surface area contributed by atoms with E-state index in [9.17, 15) is 4.79 Å². The summed E-state index contributed by atoms with van der Waals surface area (Å²) in [5, 5.41) is 8.72. The van der Waals surface area contributed by atoms with Gasteiger partial charge in [0.25, 0.3) is 0 Å². The van der Waals surface area contributed by atoms with E-state index in [-0.39, 0.29) is 0 Å². The van der Waals surface area contributed by atoms with E-state index in [1.807, 2.05) is 14.1 Å². The van der Waals surface area contributed by atoms with E-state index in [4.69, 9.17) is 5.11 Å². The zero-order valence-electron chi connectivity index (χ0n) is 10.2. The Kier molecular flexibility index (Phi) is 5.48. The smallest absolute Gasteiger partial charge is 0.317 e. The van der Waals surface area contributed by atoms with Crippen molar-refractivity contribution in [1.82, 2.24) is 0 Å². The molecule has 1 aromatic carbocycles. The summed E-state index contributed by atoms with van der Waals surface area (Å²) in [6.45, 7) is 0. The van der Waals surface area contributed by atoms with Gasteiger partial charge in [-0.05, 0) is 37.0 Å². The number of nitrogens with zero attached hydrogens (tertiary/aromatic N) is 1. The lowest BCUT2D eigenvalue weighted by Crippen LogP contribution is -2.12. The summed E-state index contributed by atoms with van der Waals surface area (Å²) in [6, 6.07) is 8.36. The highest BCUT2D eigenvalue weighted by atomic mass is 79.9. The van der Waals surface area contributed by atoms with Crippen LogP contribution in [0.4, 0.5) is 5.69 Å². The highest BCUT2D eigenvalue weighted by Crippen LogP contribution is 2.15. The summed E-state index contributed by atoms with van der Waals surface area (Å²) in [7, 11) is 4.02. The number of aliphatic carboxylic acids is 1. The molecule has 1 unspecified atom stereocenters. The zero-order valence-corrected chi connectivity index (χ0v) is 11.8. The standard InChI is InChI=1S/C13H18BrNO2/c1-15(2)11-8-6-10(7-9-11)4-3-5-12(14)13(16)17/h6-9,12H,3-5H2,1-2H3,(H,16,17). The van der Waals surface area contributed by atoms with E-state index < -0.39 is 10.8 Å². The third-order valence-corrected chi connectivity index (χ3v) is 3.49. The predicted molar refractivity (Wildman–Crippen MR) is 74.1 cm³/mol. The van der Waals surface area contributed by atoms with Crippen LogP contribution in [-0.2, 0) is 11.2 Å². The molecule has 0 radical (unpaired) electrons. The Bertz CT molecular complexity index is 362. The minimum Gasteiger partial charge on any atom is -0.480 e. The molecule has 1 N–H and O–H groups in total. The second kappa shape index (κ2) is 6.64. The number of aryl methyl sites for hydroxylation is 1. The Morgan fingerprint density at radius 3 is 2.41 bits per heavy atom. The molecular formula is C13H18BrNO2. The molecule has 1 rings (SSSR count). The van der Waals surface area contributed by atoms with Crippen molar-refractivity contribution in [1.29, 1.82) is 0 Å². The molecule has 4 heteroatoms. The van der Waals surface area contributed by atoms with Crippen LogP contribution in [-0.4, -0.2) is 30.0 Å². The van der Waals surface area contributed by atoms with Crippen molar-refractivity contribution in [2.24, 2.45) is 0 Å². The lowest BCUT2D eigenvalue weighted by atomic mass is 10.1. The minimum atomic E-state index is -0.784. The number of hydrogen-bond donors (Lipinski definition) is 1. The van der Waals surface area contributed by atoms with Gasteiger partial charge in [-0.3, -0.25) is 4.79 Å². The lowest BCUT2D eigenvalue weighted by Gasteiger charge is -2.12. The van der Waals surface area contributed by atoms with Crippen LogP contribution in [0.15, 0.2) is 24.3 Å². The summed E-state index contributed by atoms with van der Waals surface area (Å²) in [6.07, 6.45) is 2.46. The van der Waals surface area contributed by atoms with Gasteiger partial charge in [0, 0.05) is 19.8 Å². The zero-order chi connectivity index (χ0) is 12.8. The number of rotatable bonds is 6. The Morgan fingerprint density at radius 2 is 1.94 bits per heavy atom. The highest BCUT2D eigenvalue weighted by molar-refractivity contribution is 9.10. The molecule has 0 saturated carbocycles. The molecule has 0 amide bonds. The van der Waals surface area contributed by atoms with E-state index in [0.717, 1.165) is 12.8 Å². The van der Waals surface area contributed by atoms with Crippen LogP contribution in [0.25, 0.3) is 0 Å². The van der Waals surface area contributed by atoms with Gasteiger partial charge in [0.2, 0.25) is 0 Å². The third kappa shape index (κ3) is 4.77. The van der Waals surface area contributed by atoms with Gasteiger partial charge < -0.3 is 10.0 Å². The van der Waals surface area contributed by atoms with Crippen molar-refractivity contribution >= 4 is 27.6 Å². The number of carbonyl (C=O) groups is 1. The van der Waals surface area contributed by atoms with Crippen LogP contribution >= 0.6 is 15.9 Å². The molecule has 94 valence electrons. The SMILES string of the molecule is CN(C)c1ccc(CCCC(Br)C(=O)O)cc1. The highest BCUT2D eigenvalue weighted by Gasteiger charge is 2.11. The number of anilines is 1. The molecular weight excluding hydrogens is 282 g/mol. The minimum absolute atomic E-state index is 0.427. The average Bonchev–Trinajstić information content (AvgIpc) is 2.29. The maximum atomic E-state index is 10.6. The molecule has 0 heterocycles. The fourth-order valence-electron chi connectivity index (χ4n) is 1.57. The van der Waals surface area contributed by atoms with Crippen LogP contribution in [0.3, 0.4) is 0 Å². The van der Waals surface area contributed by atoms with Gasteiger partial charge in [0.1, 0.15) is 4.83 Å². The Labute approximate surface area is 111 Å². The lowest BCUT2D eigenvalue weighted by molar-refractivity contribution is -0.136. The molecule has 0 saturated heterocycles. The van der Waals surface area contributed by atoms with Crippen molar-refractivity contribution in [3.63, 3.8) is 0 Å². The molecule has 0 fully saturated rings. The summed E-state index contributed by atoms with van der Waals surface area (Å²) in [5.74, 6) is -0.784. The molecule has 1 aromatic rings. The van der Waals surface area contributed by atoms with Gasteiger partial charge in [-0.2, -0.15) is 0 Å². The Balaban J connectivity index is 2.40. The van der Waals surface area contributed by atoms with Crippen molar-refractivity contribution < 1.29 is 9.90 Å². The first kappa shape index (κ1) is 14.0. The fraction of sp³-hybridized carbons (Fsp3) is 0.462. The van der Waals surface area contributed by atoms with Crippen LogP contribution in [0.5, 0.6) is 0 Å². The number of benzene rings is 1. The average molecular weight is 300 g/mol. The monoisotopic (exact) mass is 299 g/mol. The summed E-state index contributed by atoms with van der Waals surface area (Å²) >= 11 is 3.14. The summed E-state index contributed by atoms with van der Waals surface area (Å²) < 4.78 is 0. The van der Waals surface area contributed by atoms with E-state index >= 15 is 0 Å². The maximum absolute atomic E-state index is 10.6. The molecule has 17 heavy (non-hydrogen) atoms. The first-order valence-corrected chi connectivity index (χ1v) is 6.55. The first-order valence-electron chi connectivity index (χ1n) is 5.64. The number of hydrogen-bond acceptors (Lipinski definition) is 2. The topological polar surface area (TPSA) is 40.5 Å². The molecule has 0 aliphatic carbocycles. The Hall–Kier alpha value is -1.03. The van der Waals surface area contributed by atoms with Gasteiger partial charge in [-0.25, -0.2) is 0 Å². The second-order valence-corrected chi connectivity index (χ2v) is 5.36. The quantitative estimate of drug-likeness (QED) is 0.821. The molecule has 0 aromatic heterocycles. The first-order chi connectivity index (χ1) is 8.00. The second-order valence-electron chi connectivity index (χ2n) is 4.26. The summed E-state index contributed by atoms with van der Waals surface area (Å²) in [5.41, 5.74) is 2.43. The van der Waals surface area contributed by atoms with E-state index in [0.29, 0.717) is 6.42 Å². The maximum Gasteiger partial charge on any atom is 0.317 e. The molecule has 0 aliphatic rings. The molecule has 0 bridgehead atoms. The van der Waals surface area contributed by atoms with E-state index in [2.05, 4.69) is 45.1 Å². The van der Waals surface area contributed by atoms with Crippen LogP contribution in [0.1, 0.15) is 18.4 Å². The van der Waals surface area contributed by atoms with Crippen LogP contribution in [0.2, 0.25) is 0 Å². The van der Waals surface area contributed by atoms with Gasteiger partial charge in [-0.15, -0.1) is 0 Å². The van der Waals surface area contributed by atoms with E-state index in [1.165, 1.54) is 11.3 Å². The van der Waals surface area contributed by atoms with Gasteiger partial charge >= 0.3 is 5.97 Å². The van der Waals surface area contributed by atoms with Crippen molar-refractivity contribution in [3.8, 4) is 0 Å². The third-order valence-electron chi connectivity index (χ3n) is 2.64. The van der Waals surface area contributed by atoms with Crippen molar-refractivity contribution in [2.45, 2.75) is 24.1 Å². The van der Waals surface area contributed by atoms with Crippen molar-refractivity contribution in [2.75, 3.05) is 19.0 Å². The number of carboxylic acids is 1. The molecule has 0 spiro atoms. The fourth-order valence-corrected chi connectivity index (χ4v) is 1.89. The van der Waals surface area contributed by atoms with Gasteiger partial charge in [0.15, 0.2) is 0 Å². The molecule has 0 aliphatic heterocycles. The summed E-state index contributed by atoms with van der Waals surface area (Å²) in [4.78, 5) is 12.2. The van der Waals surface area contributed by atoms with Gasteiger partial charge in [0.05, 0.1) is 0 Å². The number of halogens is 1. The number of alkyl halides is 1. The normalized spacial score (nSPS) is 12.2. The van der Waals surface area contributed by atoms with Crippen molar-refractivity contribution in [3.05, 3.63) is 29.8 Å². The predicted octanol–water partition coefficient (Wildman–Crippen LogP) is 2.92. The van der Waals surface area contributed by atoms with Crippen LogP contribution < -0.4 is 4.90 Å². The van der Waals surface area contributed by atoms with Gasteiger partial charge in [-0.1, -0.05) is 28.1 Å². The largest absolute Gasteiger partial charge is 0.480 e. The molecule has 3 nitrogen and oxygen atoms in total. The molecule has 1 atom stereocenters. The Morgan fingerprint density at radius 1 is 1.35 bits per heavy atom.